The Hall–Kier alpha value is -2.41. The SMILES string of the molecule is CN(C(=O)[C@@H](N)C1CCC(NC(=O)c2cccc(CC(=O)O)c2)CC1)C1CCC1. The van der Waals surface area contributed by atoms with Crippen LogP contribution in [0.1, 0.15) is 60.9 Å². The summed E-state index contributed by atoms with van der Waals surface area (Å²) in [5.41, 5.74) is 7.35. The maximum Gasteiger partial charge on any atom is 0.307 e. The molecule has 1 aromatic rings. The summed E-state index contributed by atoms with van der Waals surface area (Å²) >= 11 is 0. The zero-order valence-electron chi connectivity index (χ0n) is 17.0. The lowest BCUT2D eigenvalue weighted by Gasteiger charge is -2.38. The van der Waals surface area contributed by atoms with E-state index in [9.17, 15) is 14.4 Å². The second-order valence-corrected chi connectivity index (χ2v) is 8.42. The molecular weight excluding hydrogens is 370 g/mol. The number of carboxylic acid groups (broad SMARTS) is 1. The van der Waals surface area contributed by atoms with Crippen molar-refractivity contribution >= 4 is 17.8 Å². The zero-order valence-corrected chi connectivity index (χ0v) is 17.0. The number of rotatable bonds is 7. The molecule has 4 N–H and O–H groups in total. The molecule has 0 spiro atoms. The number of amides is 2. The topological polar surface area (TPSA) is 113 Å². The average Bonchev–Trinajstić information content (AvgIpc) is 2.65. The van der Waals surface area contributed by atoms with Gasteiger partial charge in [0, 0.05) is 24.7 Å². The third kappa shape index (κ3) is 5.35. The highest BCUT2D eigenvalue weighted by atomic mass is 16.4. The van der Waals surface area contributed by atoms with Crippen LogP contribution in [-0.4, -0.2) is 53.0 Å². The molecule has 0 radical (unpaired) electrons. The summed E-state index contributed by atoms with van der Waals surface area (Å²) in [6.45, 7) is 0. The van der Waals surface area contributed by atoms with Crippen LogP contribution >= 0.6 is 0 Å². The third-order valence-electron chi connectivity index (χ3n) is 6.41. The van der Waals surface area contributed by atoms with E-state index in [1.807, 2.05) is 11.9 Å². The number of nitrogens with two attached hydrogens (primary N) is 1. The van der Waals surface area contributed by atoms with Crippen molar-refractivity contribution < 1.29 is 19.5 Å². The number of hydrogen-bond donors (Lipinski definition) is 3. The number of benzene rings is 1. The molecule has 0 saturated heterocycles. The number of nitrogens with one attached hydrogen (secondary N) is 1. The normalized spacial score (nSPS) is 23.0. The first-order chi connectivity index (χ1) is 13.8. The average molecular weight is 402 g/mol. The molecule has 29 heavy (non-hydrogen) atoms. The van der Waals surface area contributed by atoms with Gasteiger partial charge in [-0.1, -0.05) is 12.1 Å². The number of carbonyl (C=O) groups excluding carboxylic acids is 2. The van der Waals surface area contributed by atoms with Crippen molar-refractivity contribution in [1.82, 2.24) is 10.2 Å². The molecule has 1 aromatic carbocycles. The van der Waals surface area contributed by atoms with Gasteiger partial charge in [-0.25, -0.2) is 0 Å². The molecule has 2 fully saturated rings. The van der Waals surface area contributed by atoms with Crippen molar-refractivity contribution in [1.29, 1.82) is 0 Å². The molecule has 2 saturated carbocycles. The minimum Gasteiger partial charge on any atom is -0.481 e. The molecule has 2 aliphatic rings. The molecule has 7 heteroatoms. The van der Waals surface area contributed by atoms with Crippen LogP contribution < -0.4 is 11.1 Å². The number of carbonyl (C=O) groups is 3. The van der Waals surface area contributed by atoms with Crippen LogP contribution in [0.25, 0.3) is 0 Å². The lowest BCUT2D eigenvalue weighted by atomic mass is 9.80. The summed E-state index contributed by atoms with van der Waals surface area (Å²) < 4.78 is 0. The third-order valence-corrected chi connectivity index (χ3v) is 6.41. The molecule has 7 nitrogen and oxygen atoms in total. The van der Waals surface area contributed by atoms with Crippen LogP contribution in [-0.2, 0) is 16.0 Å². The molecule has 0 unspecified atom stereocenters. The van der Waals surface area contributed by atoms with Crippen molar-refractivity contribution in [3.05, 3.63) is 35.4 Å². The Morgan fingerprint density at radius 3 is 2.45 bits per heavy atom. The van der Waals surface area contributed by atoms with Crippen LogP contribution in [0.3, 0.4) is 0 Å². The first-order valence-corrected chi connectivity index (χ1v) is 10.5. The summed E-state index contributed by atoms with van der Waals surface area (Å²) in [4.78, 5) is 37.8. The smallest absolute Gasteiger partial charge is 0.307 e. The Balaban J connectivity index is 1.48. The molecule has 0 aliphatic heterocycles. The molecule has 0 aromatic heterocycles. The van der Waals surface area contributed by atoms with Crippen molar-refractivity contribution in [3.8, 4) is 0 Å². The first kappa shape index (κ1) is 21.3. The fourth-order valence-corrected chi connectivity index (χ4v) is 4.28. The summed E-state index contributed by atoms with van der Waals surface area (Å²) in [7, 11) is 1.86. The number of hydrogen-bond acceptors (Lipinski definition) is 4. The van der Waals surface area contributed by atoms with Crippen LogP contribution in [0.15, 0.2) is 24.3 Å². The fraction of sp³-hybridized carbons (Fsp3) is 0.591. The highest BCUT2D eigenvalue weighted by Crippen LogP contribution is 2.29. The zero-order chi connectivity index (χ0) is 21.0. The molecule has 158 valence electrons. The highest BCUT2D eigenvalue weighted by Gasteiger charge is 2.34. The van der Waals surface area contributed by atoms with Gasteiger partial charge in [0.25, 0.3) is 5.91 Å². The van der Waals surface area contributed by atoms with Gasteiger partial charge in [0.2, 0.25) is 5.91 Å². The van der Waals surface area contributed by atoms with Crippen molar-refractivity contribution in [2.75, 3.05) is 7.05 Å². The summed E-state index contributed by atoms with van der Waals surface area (Å²) in [5, 5.41) is 12.0. The minimum absolute atomic E-state index is 0.0393. The fourth-order valence-electron chi connectivity index (χ4n) is 4.28. The largest absolute Gasteiger partial charge is 0.481 e. The van der Waals surface area contributed by atoms with E-state index < -0.39 is 12.0 Å². The van der Waals surface area contributed by atoms with Gasteiger partial charge in [-0.2, -0.15) is 0 Å². The quantitative estimate of drug-likeness (QED) is 0.646. The van der Waals surface area contributed by atoms with E-state index in [1.165, 1.54) is 6.42 Å². The first-order valence-electron chi connectivity index (χ1n) is 10.5. The molecule has 3 rings (SSSR count). The lowest BCUT2D eigenvalue weighted by Crippen LogP contribution is -2.52. The summed E-state index contributed by atoms with van der Waals surface area (Å²) in [6, 6.07) is 6.65. The Kier molecular flexibility index (Phi) is 6.90. The highest BCUT2D eigenvalue weighted by molar-refractivity contribution is 5.94. The van der Waals surface area contributed by atoms with E-state index in [0.29, 0.717) is 17.2 Å². The lowest BCUT2D eigenvalue weighted by molar-refractivity contribution is -0.137. The number of nitrogens with zero attached hydrogens (tertiary/aromatic N) is 1. The van der Waals surface area contributed by atoms with E-state index in [2.05, 4.69) is 5.32 Å². The number of aliphatic carboxylic acids is 1. The molecule has 0 heterocycles. The maximum atomic E-state index is 12.6. The van der Waals surface area contributed by atoms with Crippen LogP contribution in [0.5, 0.6) is 0 Å². The number of likely N-dealkylation sites (N-methyl/N-ethyl adjacent to an activating group) is 1. The van der Waals surface area contributed by atoms with Gasteiger partial charge in [-0.05, 0) is 68.6 Å². The van der Waals surface area contributed by atoms with Crippen molar-refractivity contribution in [2.45, 2.75) is 69.5 Å². The Morgan fingerprint density at radius 2 is 1.86 bits per heavy atom. The number of carboxylic acids is 1. The van der Waals surface area contributed by atoms with Gasteiger partial charge < -0.3 is 21.1 Å². The Labute approximate surface area is 171 Å². The monoisotopic (exact) mass is 401 g/mol. The molecule has 2 amide bonds. The van der Waals surface area contributed by atoms with Gasteiger partial charge in [0.15, 0.2) is 0 Å². The van der Waals surface area contributed by atoms with E-state index in [1.54, 1.807) is 24.3 Å². The Morgan fingerprint density at radius 1 is 1.17 bits per heavy atom. The van der Waals surface area contributed by atoms with Crippen LogP contribution in [0, 0.1) is 5.92 Å². The summed E-state index contributed by atoms with van der Waals surface area (Å²) in [5.74, 6) is -0.921. The van der Waals surface area contributed by atoms with Crippen LogP contribution in [0.4, 0.5) is 0 Å². The molecule has 0 bridgehead atoms. The predicted molar refractivity (Wildman–Crippen MR) is 109 cm³/mol. The minimum atomic E-state index is -0.922. The van der Waals surface area contributed by atoms with E-state index >= 15 is 0 Å². The van der Waals surface area contributed by atoms with Gasteiger partial charge in [0.1, 0.15) is 0 Å². The van der Waals surface area contributed by atoms with E-state index in [0.717, 1.165) is 38.5 Å². The predicted octanol–water partition coefficient (Wildman–Crippen LogP) is 1.94. The van der Waals surface area contributed by atoms with Crippen molar-refractivity contribution in [3.63, 3.8) is 0 Å². The van der Waals surface area contributed by atoms with E-state index in [-0.39, 0.29) is 30.2 Å². The van der Waals surface area contributed by atoms with Crippen LogP contribution in [0.2, 0.25) is 0 Å². The maximum absolute atomic E-state index is 12.6. The summed E-state index contributed by atoms with van der Waals surface area (Å²) in [6.07, 6.45) is 6.43. The molecule has 1 atom stereocenters. The second-order valence-electron chi connectivity index (χ2n) is 8.42. The van der Waals surface area contributed by atoms with Gasteiger partial charge in [0.05, 0.1) is 12.5 Å². The van der Waals surface area contributed by atoms with E-state index in [4.69, 9.17) is 10.8 Å². The van der Waals surface area contributed by atoms with Crippen molar-refractivity contribution in [2.24, 2.45) is 11.7 Å². The molecule has 2 aliphatic carbocycles. The Bertz CT molecular complexity index is 754. The van der Waals surface area contributed by atoms with Gasteiger partial charge >= 0.3 is 5.97 Å². The second kappa shape index (κ2) is 9.39. The standard InChI is InChI=1S/C22H31N3O4/c1-25(18-6-3-7-18)22(29)20(23)15-8-10-17(11-9-15)24-21(28)16-5-2-4-14(12-16)13-19(26)27/h2,4-5,12,15,17-18,20H,3,6-11,13,23H2,1H3,(H,24,28)(H,26,27)/t15?,17?,20-/m0/s1. The molecular formula is C22H31N3O4. The van der Waals surface area contributed by atoms with Gasteiger partial charge in [-0.15, -0.1) is 0 Å². The van der Waals surface area contributed by atoms with Gasteiger partial charge in [-0.3, -0.25) is 14.4 Å².